The Morgan fingerprint density at radius 2 is 1.86 bits per heavy atom. The van der Waals surface area contributed by atoms with Crippen molar-refractivity contribution < 1.29 is 9.47 Å². The van der Waals surface area contributed by atoms with Crippen molar-refractivity contribution >= 4 is 23.5 Å². The second kappa shape index (κ2) is 8.79. The molecule has 7 nitrogen and oxygen atoms in total. The third kappa shape index (κ3) is 4.94. The van der Waals surface area contributed by atoms with E-state index in [1.54, 1.807) is 6.20 Å². The molecule has 0 saturated heterocycles. The number of nitrogens with one attached hydrogen (secondary N) is 1. The quantitative estimate of drug-likeness (QED) is 0.501. The Morgan fingerprint density at radius 3 is 2.69 bits per heavy atom. The summed E-state index contributed by atoms with van der Waals surface area (Å²) in [5, 5.41) is 3.60. The number of benzene rings is 2. The fourth-order valence-corrected chi connectivity index (χ4v) is 2.96. The van der Waals surface area contributed by atoms with Crippen LogP contribution in [0.1, 0.15) is 12.0 Å². The minimum Gasteiger partial charge on any atom is -0.490 e. The SMILES string of the molecule is NC(=NCc1ccc2c(c1)OCCCO2)Nc1nccc(-c2ccc(Cl)cc2)n1. The Morgan fingerprint density at radius 1 is 1.07 bits per heavy atom. The molecule has 3 N–H and O–H groups in total. The predicted octanol–water partition coefficient (Wildman–Crippen LogP) is 3.89. The summed E-state index contributed by atoms with van der Waals surface area (Å²) < 4.78 is 11.3. The van der Waals surface area contributed by atoms with Gasteiger partial charge in [-0.2, -0.15) is 0 Å². The van der Waals surface area contributed by atoms with Gasteiger partial charge in [0.15, 0.2) is 17.5 Å². The van der Waals surface area contributed by atoms with Gasteiger partial charge in [0.1, 0.15) is 0 Å². The van der Waals surface area contributed by atoms with E-state index in [4.69, 9.17) is 26.8 Å². The summed E-state index contributed by atoms with van der Waals surface area (Å²) in [5.74, 6) is 2.09. The van der Waals surface area contributed by atoms with Crippen LogP contribution in [0.25, 0.3) is 11.3 Å². The lowest BCUT2D eigenvalue weighted by atomic mass is 10.1. The number of aliphatic imine (C=N–C) groups is 1. The highest BCUT2D eigenvalue weighted by atomic mass is 35.5. The van der Waals surface area contributed by atoms with Crippen molar-refractivity contribution in [3.8, 4) is 22.8 Å². The first-order valence-corrected chi connectivity index (χ1v) is 9.60. The predicted molar refractivity (Wildman–Crippen MR) is 113 cm³/mol. The molecule has 0 unspecified atom stereocenters. The zero-order valence-corrected chi connectivity index (χ0v) is 16.4. The molecule has 0 spiro atoms. The van der Waals surface area contributed by atoms with E-state index in [9.17, 15) is 0 Å². The van der Waals surface area contributed by atoms with Crippen molar-refractivity contribution in [1.82, 2.24) is 9.97 Å². The van der Waals surface area contributed by atoms with E-state index in [0.29, 0.717) is 30.7 Å². The summed E-state index contributed by atoms with van der Waals surface area (Å²) in [7, 11) is 0. The van der Waals surface area contributed by atoms with Crippen LogP contribution in [0.4, 0.5) is 5.95 Å². The molecule has 8 heteroatoms. The van der Waals surface area contributed by atoms with E-state index in [0.717, 1.165) is 34.7 Å². The summed E-state index contributed by atoms with van der Waals surface area (Å²) in [6, 6.07) is 15.0. The molecular formula is C21H20ClN5O2. The van der Waals surface area contributed by atoms with E-state index in [1.807, 2.05) is 48.5 Å². The van der Waals surface area contributed by atoms with Gasteiger partial charge in [-0.25, -0.2) is 15.0 Å². The summed E-state index contributed by atoms with van der Waals surface area (Å²) >= 11 is 5.94. The first-order valence-electron chi connectivity index (χ1n) is 9.22. The number of ether oxygens (including phenoxy) is 2. The Balaban J connectivity index is 1.43. The Kier molecular flexibility index (Phi) is 5.76. The summed E-state index contributed by atoms with van der Waals surface area (Å²) in [5.41, 5.74) is 8.67. The van der Waals surface area contributed by atoms with Crippen molar-refractivity contribution in [2.24, 2.45) is 10.7 Å². The van der Waals surface area contributed by atoms with Gasteiger partial charge in [-0.15, -0.1) is 0 Å². The molecule has 0 saturated carbocycles. The lowest BCUT2D eigenvalue weighted by Crippen LogP contribution is -2.24. The number of fused-ring (bicyclic) bond motifs is 1. The minimum atomic E-state index is 0.227. The van der Waals surface area contributed by atoms with Crippen LogP contribution in [0.5, 0.6) is 11.5 Å². The first-order chi connectivity index (χ1) is 14.2. The van der Waals surface area contributed by atoms with E-state index >= 15 is 0 Å². The normalized spacial score (nSPS) is 13.6. The second-order valence-electron chi connectivity index (χ2n) is 6.43. The molecule has 0 atom stereocenters. The molecule has 148 valence electrons. The van der Waals surface area contributed by atoms with Crippen LogP contribution in [0.15, 0.2) is 59.7 Å². The maximum absolute atomic E-state index is 6.01. The molecule has 0 fully saturated rings. The van der Waals surface area contributed by atoms with Gasteiger partial charge in [-0.3, -0.25) is 5.32 Å². The number of aromatic nitrogens is 2. The molecule has 3 aromatic rings. The van der Waals surface area contributed by atoms with Gasteiger partial charge in [-0.05, 0) is 35.9 Å². The van der Waals surface area contributed by atoms with Crippen molar-refractivity contribution in [2.75, 3.05) is 18.5 Å². The highest BCUT2D eigenvalue weighted by Crippen LogP contribution is 2.30. The Hall–Kier alpha value is -3.32. The largest absolute Gasteiger partial charge is 0.490 e. The van der Waals surface area contributed by atoms with Crippen LogP contribution in [-0.4, -0.2) is 29.1 Å². The zero-order chi connectivity index (χ0) is 20.1. The number of nitrogens with zero attached hydrogens (tertiary/aromatic N) is 3. The van der Waals surface area contributed by atoms with Crippen molar-refractivity contribution in [3.05, 3.63) is 65.3 Å². The molecule has 0 amide bonds. The van der Waals surface area contributed by atoms with Gasteiger partial charge < -0.3 is 15.2 Å². The summed E-state index contributed by atoms with van der Waals surface area (Å²) in [6.07, 6.45) is 2.53. The lowest BCUT2D eigenvalue weighted by Gasteiger charge is -2.09. The summed E-state index contributed by atoms with van der Waals surface area (Å²) in [4.78, 5) is 13.0. The molecule has 0 aliphatic carbocycles. The monoisotopic (exact) mass is 409 g/mol. The fraction of sp³-hybridized carbons (Fsp3) is 0.190. The average Bonchev–Trinajstić information content (AvgIpc) is 2.98. The van der Waals surface area contributed by atoms with Crippen LogP contribution >= 0.6 is 11.6 Å². The number of hydrogen-bond acceptors (Lipinski definition) is 5. The van der Waals surface area contributed by atoms with Crippen LogP contribution in [0.3, 0.4) is 0 Å². The van der Waals surface area contributed by atoms with Crippen LogP contribution in [-0.2, 0) is 6.54 Å². The number of halogens is 1. The summed E-state index contributed by atoms with van der Waals surface area (Å²) in [6.45, 7) is 1.70. The van der Waals surface area contributed by atoms with Gasteiger partial charge >= 0.3 is 0 Å². The average molecular weight is 410 g/mol. The van der Waals surface area contributed by atoms with Gasteiger partial charge in [-0.1, -0.05) is 29.8 Å². The highest BCUT2D eigenvalue weighted by molar-refractivity contribution is 6.30. The van der Waals surface area contributed by atoms with Crippen molar-refractivity contribution in [1.29, 1.82) is 0 Å². The molecule has 1 aliphatic heterocycles. The molecule has 2 aromatic carbocycles. The van der Waals surface area contributed by atoms with Crippen LogP contribution < -0.4 is 20.5 Å². The van der Waals surface area contributed by atoms with Gasteiger partial charge in [0, 0.05) is 23.2 Å². The lowest BCUT2D eigenvalue weighted by molar-refractivity contribution is 0.297. The van der Waals surface area contributed by atoms with Crippen molar-refractivity contribution in [3.63, 3.8) is 0 Å². The van der Waals surface area contributed by atoms with Gasteiger partial charge in [0.05, 0.1) is 25.5 Å². The third-order valence-corrected chi connectivity index (χ3v) is 4.53. The molecule has 4 rings (SSSR count). The maximum Gasteiger partial charge on any atom is 0.230 e. The van der Waals surface area contributed by atoms with E-state index < -0.39 is 0 Å². The fourth-order valence-electron chi connectivity index (χ4n) is 2.84. The topological polar surface area (TPSA) is 94.7 Å². The van der Waals surface area contributed by atoms with E-state index in [1.165, 1.54) is 0 Å². The Labute approximate surface area is 173 Å². The van der Waals surface area contributed by atoms with Gasteiger partial charge in [0.25, 0.3) is 0 Å². The second-order valence-corrected chi connectivity index (χ2v) is 6.87. The smallest absolute Gasteiger partial charge is 0.230 e. The first kappa shape index (κ1) is 19.0. The standard InChI is InChI=1S/C21H20ClN5O2/c22-16-5-3-15(4-6-16)17-8-9-24-21(26-17)27-20(23)25-13-14-2-7-18-19(12-14)29-11-1-10-28-18/h2-9,12H,1,10-11,13H2,(H3,23,24,25,26,27). The van der Waals surface area contributed by atoms with Gasteiger partial charge in [0.2, 0.25) is 5.95 Å². The third-order valence-electron chi connectivity index (χ3n) is 4.28. The van der Waals surface area contributed by atoms with E-state index in [-0.39, 0.29) is 5.96 Å². The number of hydrogen-bond donors (Lipinski definition) is 2. The molecule has 1 aliphatic rings. The molecule has 0 radical (unpaired) electrons. The number of anilines is 1. The van der Waals surface area contributed by atoms with E-state index in [2.05, 4.69) is 20.3 Å². The molecule has 2 heterocycles. The number of rotatable bonds is 4. The van der Waals surface area contributed by atoms with Crippen molar-refractivity contribution in [2.45, 2.75) is 13.0 Å². The molecule has 29 heavy (non-hydrogen) atoms. The number of nitrogens with two attached hydrogens (primary N) is 1. The van der Waals surface area contributed by atoms with Crippen LogP contribution in [0, 0.1) is 0 Å². The molecular weight excluding hydrogens is 390 g/mol. The Bertz CT molecular complexity index is 1020. The zero-order valence-electron chi connectivity index (χ0n) is 15.6. The number of guanidine groups is 1. The minimum absolute atomic E-state index is 0.227. The van der Waals surface area contributed by atoms with Crippen LogP contribution in [0.2, 0.25) is 5.02 Å². The molecule has 0 bridgehead atoms. The molecule has 1 aromatic heterocycles. The maximum atomic E-state index is 6.01. The highest BCUT2D eigenvalue weighted by Gasteiger charge is 2.10.